The molecule has 0 saturated carbocycles. The summed E-state index contributed by atoms with van der Waals surface area (Å²) in [5.41, 5.74) is 0.0785. The van der Waals surface area contributed by atoms with Crippen LogP contribution in [0.3, 0.4) is 0 Å². The summed E-state index contributed by atoms with van der Waals surface area (Å²) in [7, 11) is -3.13. The van der Waals surface area contributed by atoms with E-state index in [4.69, 9.17) is 19.1 Å². The van der Waals surface area contributed by atoms with Gasteiger partial charge in [0.1, 0.15) is 18.4 Å². The van der Waals surface area contributed by atoms with Crippen LogP contribution >= 0.6 is 0 Å². The van der Waals surface area contributed by atoms with Crippen LogP contribution in [0.25, 0.3) is 22.6 Å². The third-order valence-electron chi connectivity index (χ3n) is 7.38. The fourth-order valence-corrected chi connectivity index (χ4v) is 6.62. The van der Waals surface area contributed by atoms with Gasteiger partial charge in [-0.1, -0.05) is 77.9 Å². The second-order valence-corrected chi connectivity index (χ2v) is 17.3. The number of amides is 2. The Hall–Kier alpha value is -5.09. The van der Waals surface area contributed by atoms with E-state index in [1.165, 1.54) is 35.2 Å². The van der Waals surface area contributed by atoms with Crippen LogP contribution in [0.2, 0.25) is 0 Å². The average Bonchev–Trinajstić information content (AvgIpc) is 3.60. The number of hydrogen-bond donors (Lipinski definition) is 2. The third-order valence-corrected chi connectivity index (χ3v) is 9.17. The fourth-order valence-electron chi connectivity index (χ4n) is 5.01. The Labute approximate surface area is 327 Å². The summed E-state index contributed by atoms with van der Waals surface area (Å²) in [4.78, 5) is 36.0. The van der Waals surface area contributed by atoms with Crippen molar-refractivity contribution in [2.24, 2.45) is 5.92 Å². The van der Waals surface area contributed by atoms with Gasteiger partial charge in [-0.15, -0.1) is 10.2 Å². The summed E-state index contributed by atoms with van der Waals surface area (Å²) in [6.07, 6.45) is -5.41. The van der Waals surface area contributed by atoms with E-state index in [9.17, 15) is 31.2 Å². The third kappa shape index (κ3) is 13.0. The number of rotatable bonds is 5. The topological polar surface area (TPSA) is 169 Å². The van der Waals surface area contributed by atoms with Gasteiger partial charge in [0.2, 0.25) is 11.8 Å². The SMILES string of the molecule is C=O.CC(C)(C)OC(=O)N[C@H]1CS(=O)(=O)c2ccc(-c3nnc(C(C)(C)C)o3)cc2N(Cc2ccc(-c3ccc(C(F)(F)F)cc3)cc2)C1=O.CC(C)C.CO.[HH]. The molecule has 0 unspecified atom stereocenters. The molecule has 2 heterocycles. The standard InChI is InChI=1S/C34H35F3N4O6S.C4H10.CH4O.CH2O.H2/c1-32(2,3)30-40-39-28(46-30)23-13-16-27-26(17-23)41(29(42)25(19-48(27,44)45)38-31(43)47-33(4,5)6)18-20-7-9-21(10-8-20)22-11-14-24(15-12-22)34(35,36)37;1-4(2)3;2*1-2;/h7-17,25H,18-19H2,1-6H3,(H,38,43);4H,1-3H3;2H,1H3;1H2;1H/t25-;;;;/m0..../s1. The lowest BCUT2D eigenvalue weighted by Gasteiger charge is -2.27. The molecule has 308 valence electrons. The molecule has 12 nitrogen and oxygen atoms in total. The van der Waals surface area contributed by atoms with Gasteiger partial charge in [0.15, 0.2) is 9.84 Å². The lowest BCUT2D eigenvalue weighted by atomic mass is 9.97. The predicted molar refractivity (Wildman–Crippen MR) is 210 cm³/mol. The molecule has 0 saturated heterocycles. The first-order chi connectivity index (χ1) is 25.9. The van der Waals surface area contributed by atoms with Crippen molar-refractivity contribution in [3.8, 4) is 22.6 Å². The molecule has 56 heavy (non-hydrogen) atoms. The molecule has 16 heteroatoms. The number of benzene rings is 3. The highest BCUT2D eigenvalue weighted by Crippen LogP contribution is 2.37. The molecule has 1 aromatic heterocycles. The van der Waals surface area contributed by atoms with E-state index in [0.29, 0.717) is 28.1 Å². The van der Waals surface area contributed by atoms with E-state index >= 15 is 0 Å². The van der Waals surface area contributed by atoms with E-state index in [0.717, 1.165) is 25.2 Å². The Kier molecular flexibility index (Phi) is 16.1. The van der Waals surface area contributed by atoms with Gasteiger partial charge in [0.25, 0.3) is 5.91 Å². The van der Waals surface area contributed by atoms with Crippen LogP contribution < -0.4 is 10.2 Å². The lowest BCUT2D eigenvalue weighted by molar-refractivity contribution is -0.137. The van der Waals surface area contributed by atoms with Crippen molar-refractivity contribution in [3.05, 3.63) is 83.7 Å². The van der Waals surface area contributed by atoms with Crippen molar-refractivity contribution < 1.29 is 51.7 Å². The van der Waals surface area contributed by atoms with Crippen molar-refractivity contribution in [1.29, 1.82) is 0 Å². The molecule has 2 N–H and O–H groups in total. The highest BCUT2D eigenvalue weighted by molar-refractivity contribution is 7.91. The second kappa shape index (κ2) is 19.2. The molecule has 1 aliphatic heterocycles. The number of aliphatic hydroxyl groups excluding tert-OH is 1. The van der Waals surface area contributed by atoms with Crippen LogP contribution in [0, 0.1) is 5.92 Å². The van der Waals surface area contributed by atoms with Gasteiger partial charge in [-0.25, -0.2) is 13.2 Å². The molecule has 3 aromatic carbocycles. The molecule has 5 rings (SSSR count). The fraction of sp³-hybridized carbons (Fsp3) is 0.425. The zero-order valence-electron chi connectivity index (χ0n) is 33.3. The summed E-state index contributed by atoms with van der Waals surface area (Å²) >= 11 is 0. The first-order valence-corrected chi connectivity index (χ1v) is 19.1. The molecule has 1 atom stereocenters. The maximum atomic E-state index is 14.1. The van der Waals surface area contributed by atoms with Crippen LogP contribution in [-0.2, 0) is 42.3 Å². The minimum atomic E-state index is -4.46. The zero-order chi connectivity index (χ0) is 42.8. The minimum absolute atomic E-state index is 0. The van der Waals surface area contributed by atoms with Crippen LogP contribution in [0.15, 0.2) is 76.0 Å². The maximum absolute atomic E-state index is 14.1. The molecule has 0 fully saturated rings. The van der Waals surface area contributed by atoms with Crippen LogP contribution in [0.1, 0.15) is 80.8 Å². The average molecular weight is 807 g/mol. The zero-order valence-corrected chi connectivity index (χ0v) is 34.1. The van der Waals surface area contributed by atoms with E-state index < -0.39 is 56.4 Å². The Morgan fingerprint density at radius 3 is 1.89 bits per heavy atom. The first kappa shape index (κ1) is 47.1. The number of fused-ring (bicyclic) bond motifs is 1. The van der Waals surface area contributed by atoms with E-state index in [2.05, 4.69) is 36.3 Å². The largest absolute Gasteiger partial charge is 0.444 e. The van der Waals surface area contributed by atoms with Gasteiger partial charge < -0.3 is 29.3 Å². The van der Waals surface area contributed by atoms with Crippen molar-refractivity contribution >= 4 is 34.3 Å². The Bertz CT molecular complexity index is 2020. The maximum Gasteiger partial charge on any atom is 0.416 e. The number of anilines is 1. The molecule has 0 aliphatic carbocycles. The number of carbonyl (C=O) groups excluding carboxylic acids is 3. The van der Waals surface area contributed by atoms with Crippen molar-refractivity contribution in [2.75, 3.05) is 17.8 Å². The molecule has 0 bridgehead atoms. The number of alkyl halides is 3. The highest BCUT2D eigenvalue weighted by atomic mass is 32.2. The monoisotopic (exact) mass is 806 g/mol. The Morgan fingerprint density at radius 1 is 0.929 bits per heavy atom. The van der Waals surface area contributed by atoms with Gasteiger partial charge >= 0.3 is 12.3 Å². The highest BCUT2D eigenvalue weighted by Gasteiger charge is 2.40. The van der Waals surface area contributed by atoms with Gasteiger partial charge in [0, 0.05) is 19.5 Å². The van der Waals surface area contributed by atoms with E-state index in [-0.39, 0.29) is 24.4 Å². The second-order valence-electron chi connectivity index (χ2n) is 15.3. The number of sulfone groups is 1. The molecular formula is C40H53F3N4O8S. The molecule has 4 aromatic rings. The van der Waals surface area contributed by atoms with Crippen molar-refractivity contribution in [3.63, 3.8) is 0 Å². The number of halogens is 3. The predicted octanol–water partition coefficient (Wildman–Crippen LogP) is 8.27. The number of aromatic nitrogens is 2. The summed E-state index contributed by atoms with van der Waals surface area (Å²) in [5.74, 6) is -0.0906. The van der Waals surface area contributed by atoms with Gasteiger partial charge in [0.05, 0.1) is 28.4 Å². The van der Waals surface area contributed by atoms with Crippen LogP contribution in [0.4, 0.5) is 23.7 Å². The molecular weight excluding hydrogens is 754 g/mol. The molecule has 0 radical (unpaired) electrons. The first-order valence-electron chi connectivity index (χ1n) is 17.5. The molecule has 2 amide bonds. The number of aliphatic hydroxyl groups is 1. The Morgan fingerprint density at radius 2 is 1.43 bits per heavy atom. The number of hydrogen-bond acceptors (Lipinski definition) is 10. The van der Waals surface area contributed by atoms with Gasteiger partial charge in [-0.05, 0) is 73.7 Å². The minimum Gasteiger partial charge on any atom is -0.444 e. The molecule has 1 aliphatic rings. The van der Waals surface area contributed by atoms with E-state index in [1.54, 1.807) is 45.0 Å². The number of nitrogens with one attached hydrogen (secondary N) is 1. The number of carbonyl (C=O) groups is 3. The lowest BCUT2D eigenvalue weighted by Crippen LogP contribution is -2.51. The Balaban J connectivity index is 0.00000167. The van der Waals surface area contributed by atoms with Gasteiger partial charge in [-0.3, -0.25) is 4.79 Å². The number of alkyl carbamates (subject to hydrolysis) is 1. The van der Waals surface area contributed by atoms with Gasteiger partial charge in [-0.2, -0.15) is 13.2 Å². The van der Waals surface area contributed by atoms with Crippen LogP contribution in [0.5, 0.6) is 0 Å². The smallest absolute Gasteiger partial charge is 0.416 e. The van der Waals surface area contributed by atoms with E-state index in [1.807, 2.05) is 27.6 Å². The normalized spacial score (nSPS) is 15.1. The summed E-state index contributed by atoms with van der Waals surface area (Å²) in [6.45, 7) is 19.0. The summed E-state index contributed by atoms with van der Waals surface area (Å²) in [5, 5.41) is 17.7. The van der Waals surface area contributed by atoms with Crippen LogP contribution in [-0.4, -0.2) is 67.0 Å². The number of nitrogens with zero attached hydrogens (tertiary/aromatic N) is 3. The number of ether oxygens (including phenoxy) is 1. The van der Waals surface area contributed by atoms with Crippen molar-refractivity contribution in [1.82, 2.24) is 15.5 Å². The van der Waals surface area contributed by atoms with Crippen molar-refractivity contribution in [2.45, 2.75) is 97.0 Å². The summed E-state index contributed by atoms with van der Waals surface area (Å²) in [6, 6.07) is 14.4. The summed E-state index contributed by atoms with van der Waals surface area (Å²) < 4.78 is 77.7. The quantitative estimate of drug-likeness (QED) is 0.200. The molecule has 0 spiro atoms.